The van der Waals surface area contributed by atoms with Gasteiger partial charge in [-0.3, -0.25) is 9.88 Å². The lowest BCUT2D eigenvalue weighted by atomic mass is 9.99. The smallest absolute Gasteiger partial charge is 0.410 e. The molecular formula is C32H38N6O3. The van der Waals surface area contributed by atoms with Gasteiger partial charge in [-0.25, -0.2) is 4.79 Å². The van der Waals surface area contributed by atoms with Crippen LogP contribution in [0, 0.1) is 11.3 Å². The molecule has 0 radical (unpaired) electrons. The number of aliphatic hydroxyl groups excluding tert-OH is 1. The van der Waals surface area contributed by atoms with Crippen molar-refractivity contribution in [2.45, 2.75) is 58.0 Å². The van der Waals surface area contributed by atoms with Gasteiger partial charge in [0.15, 0.2) is 0 Å². The summed E-state index contributed by atoms with van der Waals surface area (Å²) in [6.45, 7) is 12.1. The fourth-order valence-corrected chi connectivity index (χ4v) is 6.66. The van der Waals surface area contributed by atoms with Crippen molar-refractivity contribution < 1.29 is 14.6 Å². The highest BCUT2D eigenvalue weighted by Crippen LogP contribution is 2.42. The largest absolute Gasteiger partial charge is 0.444 e. The summed E-state index contributed by atoms with van der Waals surface area (Å²) in [5.41, 5.74) is 5.67. The number of aliphatic hydroxyl groups is 1. The molecule has 0 spiro atoms. The second kappa shape index (κ2) is 10.5. The predicted molar refractivity (Wildman–Crippen MR) is 159 cm³/mol. The average Bonchev–Trinajstić information content (AvgIpc) is 3.33. The molecule has 3 aliphatic rings. The zero-order valence-electron chi connectivity index (χ0n) is 24.2. The van der Waals surface area contributed by atoms with Crippen LogP contribution in [0.2, 0.25) is 0 Å². The number of anilines is 2. The summed E-state index contributed by atoms with van der Waals surface area (Å²) >= 11 is 0. The van der Waals surface area contributed by atoms with Crippen molar-refractivity contribution in [2.75, 3.05) is 49.1 Å². The van der Waals surface area contributed by atoms with Gasteiger partial charge in [0.1, 0.15) is 11.7 Å². The van der Waals surface area contributed by atoms with E-state index in [1.165, 1.54) is 11.1 Å². The van der Waals surface area contributed by atoms with Crippen LogP contribution in [0.15, 0.2) is 48.7 Å². The highest BCUT2D eigenvalue weighted by Gasteiger charge is 2.40. The van der Waals surface area contributed by atoms with Crippen molar-refractivity contribution in [2.24, 2.45) is 0 Å². The topological polar surface area (TPSA) is 96.2 Å². The molecule has 9 heteroatoms. The van der Waals surface area contributed by atoms with E-state index in [2.05, 4.69) is 63.0 Å². The van der Waals surface area contributed by atoms with E-state index in [0.29, 0.717) is 31.2 Å². The Morgan fingerprint density at radius 3 is 2.73 bits per heavy atom. The highest BCUT2D eigenvalue weighted by molar-refractivity contribution is 5.95. The van der Waals surface area contributed by atoms with Gasteiger partial charge in [-0.2, -0.15) is 5.26 Å². The maximum Gasteiger partial charge on any atom is 0.410 e. The quantitative estimate of drug-likeness (QED) is 0.512. The Kier molecular flexibility index (Phi) is 7.00. The number of hydrogen-bond acceptors (Lipinski definition) is 8. The monoisotopic (exact) mass is 554 g/mol. The second-order valence-corrected chi connectivity index (χ2v) is 12.4. The molecule has 0 unspecified atom stereocenters. The summed E-state index contributed by atoms with van der Waals surface area (Å²) in [7, 11) is 0. The Balaban J connectivity index is 1.23. The Hall–Kier alpha value is -3.87. The van der Waals surface area contributed by atoms with Crippen molar-refractivity contribution in [1.82, 2.24) is 14.8 Å². The molecule has 41 heavy (non-hydrogen) atoms. The van der Waals surface area contributed by atoms with Crippen LogP contribution in [0.3, 0.4) is 0 Å². The number of benzene rings is 2. The number of pyridine rings is 1. The van der Waals surface area contributed by atoms with Gasteiger partial charge in [0.25, 0.3) is 0 Å². The lowest BCUT2D eigenvalue weighted by molar-refractivity contribution is 0.0197. The van der Waals surface area contributed by atoms with Crippen LogP contribution >= 0.6 is 0 Å². The summed E-state index contributed by atoms with van der Waals surface area (Å²) in [5.74, 6) is 0. The molecule has 0 aliphatic carbocycles. The van der Waals surface area contributed by atoms with Crippen molar-refractivity contribution in [3.05, 3.63) is 65.4 Å². The summed E-state index contributed by atoms with van der Waals surface area (Å²) in [6, 6.07) is 17.3. The second-order valence-electron chi connectivity index (χ2n) is 12.4. The predicted octanol–water partition coefficient (Wildman–Crippen LogP) is 4.29. The Morgan fingerprint density at radius 1 is 1.15 bits per heavy atom. The van der Waals surface area contributed by atoms with Gasteiger partial charge in [-0.05, 0) is 75.2 Å². The molecule has 1 aromatic heterocycles. The molecule has 1 N–H and O–H groups in total. The standard InChI is InChI=1S/C32H38N6O3/c1-21-16-36(28-10-7-22(15-33)30-27(28)6-5-11-34-30)19-29-26-9-8-24(14-23(26)17-38(21)29)37-13-12-35(18-25(37)20-39)31(40)41-32(2,3)4/h5-11,14,21,25,29,39H,12-13,16-20H2,1-4H3/t21-,25-,29-/m1/s1. The minimum Gasteiger partial charge on any atom is -0.444 e. The van der Waals surface area contributed by atoms with Gasteiger partial charge in [0, 0.05) is 68.3 Å². The zero-order valence-corrected chi connectivity index (χ0v) is 24.2. The van der Waals surface area contributed by atoms with Crippen molar-refractivity contribution in [3.8, 4) is 6.07 Å². The van der Waals surface area contributed by atoms with Crippen LogP contribution in [-0.2, 0) is 11.3 Å². The first kappa shape index (κ1) is 27.3. The molecule has 9 nitrogen and oxygen atoms in total. The molecule has 2 aromatic carbocycles. The molecule has 6 rings (SSSR count). The Labute approximate surface area is 241 Å². The number of ether oxygens (including phenoxy) is 1. The van der Waals surface area contributed by atoms with Crippen LogP contribution < -0.4 is 9.80 Å². The molecule has 2 fully saturated rings. The van der Waals surface area contributed by atoms with Crippen molar-refractivity contribution >= 4 is 28.4 Å². The van der Waals surface area contributed by atoms with E-state index in [9.17, 15) is 15.2 Å². The summed E-state index contributed by atoms with van der Waals surface area (Å²) in [5, 5.41) is 20.8. The normalized spacial score (nSPS) is 22.8. The van der Waals surface area contributed by atoms with Crippen LogP contribution in [0.1, 0.15) is 50.4 Å². The van der Waals surface area contributed by atoms with E-state index in [-0.39, 0.29) is 24.8 Å². The third kappa shape index (κ3) is 5.07. The summed E-state index contributed by atoms with van der Waals surface area (Å²) < 4.78 is 5.57. The molecule has 4 heterocycles. The Morgan fingerprint density at radius 2 is 1.98 bits per heavy atom. The van der Waals surface area contributed by atoms with Crippen LogP contribution in [-0.4, -0.2) is 83.0 Å². The van der Waals surface area contributed by atoms with Gasteiger partial charge in [-0.1, -0.05) is 6.07 Å². The number of nitriles is 1. The molecule has 3 aliphatic heterocycles. The molecule has 2 saturated heterocycles. The first-order valence-corrected chi connectivity index (χ1v) is 14.4. The number of rotatable bonds is 3. The number of fused-ring (bicyclic) bond motifs is 4. The van der Waals surface area contributed by atoms with E-state index in [0.717, 1.165) is 41.9 Å². The van der Waals surface area contributed by atoms with Gasteiger partial charge < -0.3 is 24.5 Å². The number of piperazine rings is 2. The van der Waals surface area contributed by atoms with E-state index in [4.69, 9.17) is 4.74 Å². The summed E-state index contributed by atoms with van der Waals surface area (Å²) in [4.78, 5) is 26.1. The van der Waals surface area contributed by atoms with Crippen molar-refractivity contribution in [1.29, 1.82) is 5.26 Å². The first-order chi connectivity index (χ1) is 19.7. The van der Waals surface area contributed by atoms with Gasteiger partial charge >= 0.3 is 6.09 Å². The summed E-state index contributed by atoms with van der Waals surface area (Å²) in [6.07, 6.45) is 1.42. The van der Waals surface area contributed by atoms with Crippen LogP contribution in [0.5, 0.6) is 0 Å². The van der Waals surface area contributed by atoms with E-state index < -0.39 is 5.60 Å². The zero-order chi connectivity index (χ0) is 28.9. The van der Waals surface area contributed by atoms with E-state index >= 15 is 0 Å². The number of carbonyl (C=O) groups excluding carboxylic acids is 1. The number of aromatic nitrogens is 1. The van der Waals surface area contributed by atoms with E-state index in [1.54, 1.807) is 11.1 Å². The molecule has 1 amide bonds. The van der Waals surface area contributed by atoms with E-state index in [1.807, 2.05) is 32.9 Å². The molecular weight excluding hydrogens is 516 g/mol. The number of nitrogens with zero attached hydrogens (tertiary/aromatic N) is 6. The third-order valence-corrected chi connectivity index (χ3v) is 8.57. The minimum atomic E-state index is -0.550. The lowest BCUT2D eigenvalue weighted by Gasteiger charge is -2.44. The van der Waals surface area contributed by atoms with Crippen LogP contribution in [0.4, 0.5) is 16.2 Å². The number of carbonyl (C=O) groups is 1. The SMILES string of the molecule is C[C@@H]1CN(c2ccc(C#N)c3ncccc23)C[C@@H]2c3ccc(N4CCN(C(=O)OC(C)(C)C)C[C@@H]4CO)cc3CN12. The first-order valence-electron chi connectivity index (χ1n) is 14.4. The lowest BCUT2D eigenvalue weighted by Crippen LogP contribution is -2.57. The van der Waals surface area contributed by atoms with Gasteiger partial charge in [0.05, 0.1) is 29.8 Å². The molecule has 0 saturated carbocycles. The van der Waals surface area contributed by atoms with Gasteiger partial charge in [0.2, 0.25) is 0 Å². The van der Waals surface area contributed by atoms with Crippen LogP contribution in [0.25, 0.3) is 10.9 Å². The molecule has 214 valence electrons. The molecule has 3 atom stereocenters. The Bertz CT molecular complexity index is 1510. The average molecular weight is 555 g/mol. The maximum absolute atomic E-state index is 12.7. The molecule has 3 aromatic rings. The van der Waals surface area contributed by atoms with Crippen molar-refractivity contribution in [3.63, 3.8) is 0 Å². The fourth-order valence-electron chi connectivity index (χ4n) is 6.66. The fraction of sp³-hybridized carbons (Fsp3) is 0.469. The number of amides is 1. The highest BCUT2D eigenvalue weighted by atomic mass is 16.6. The maximum atomic E-state index is 12.7. The van der Waals surface area contributed by atoms with Gasteiger partial charge in [-0.15, -0.1) is 0 Å². The molecule has 0 bridgehead atoms. The number of hydrogen-bond donors (Lipinski definition) is 1. The minimum absolute atomic E-state index is 0.0372. The third-order valence-electron chi connectivity index (χ3n) is 8.57.